The van der Waals surface area contributed by atoms with Crippen molar-refractivity contribution < 1.29 is 14.3 Å². The third kappa shape index (κ3) is 3.13. The summed E-state index contributed by atoms with van der Waals surface area (Å²) in [6.45, 7) is 2.00. The zero-order valence-corrected chi connectivity index (χ0v) is 15.9. The Kier molecular flexibility index (Phi) is 5.14. The number of nitrogen functional groups attached to an aromatic ring is 1. The van der Waals surface area contributed by atoms with E-state index in [0.29, 0.717) is 15.7 Å². The van der Waals surface area contributed by atoms with Crippen LogP contribution in [0.5, 0.6) is 0 Å². The molecular formula is C16H16N4O4S2. The molecule has 0 atom stereocenters. The topological polar surface area (TPSA) is 109 Å². The number of aromatic nitrogens is 3. The van der Waals surface area contributed by atoms with Crippen molar-refractivity contribution in [3.63, 3.8) is 0 Å². The fourth-order valence-electron chi connectivity index (χ4n) is 2.40. The maximum absolute atomic E-state index is 12.4. The van der Waals surface area contributed by atoms with Gasteiger partial charge in [0.05, 0.1) is 19.8 Å². The average molecular weight is 392 g/mol. The highest BCUT2D eigenvalue weighted by Gasteiger charge is 2.22. The van der Waals surface area contributed by atoms with Crippen LogP contribution in [-0.2, 0) is 14.3 Å². The number of ether oxygens (including phenoxy) is 2. The molecule has 2 N–H and O–H groups in total. The first-order chi connectivity index (χ1) is 12.5. The maximum atomic E-state index is 12.4. The van der Waals surface area contributed by atoms with E-state index in [1.54, 1.807) is 10.5 Å². The molecule has 1 aliphatic rings. The number of fused-ring (bicyclic) bond motifs is 1. The van der Waals surface area contributed by atoms with E-state index in [9.17, 15) is 9.59 Å². The molecule has 0 bridgehead atoms. The summed E-state index contributed by atoms with van der Waals surface area (Å²) >= 11 is 2.62. The molecule has 2 aromatic rings. The summed E-state index contributed by atoms with van der Waals surface area (Å²) in [6, 6.07) is 0. The van der Waals surface area contributed by atoms with Crippen molar-refractivity contribution in [3.8, 4) is 0 Å². The van der Waals surface area contributed by atoms with Gasteiger partial charge < -0.3 is 15.2 Å². The van der Waals surface area contributed by atoms with E-state index in [0.717, 1.165) is 17.3 Å². The third-order valence-electron chi connectivity index (χ3n) is 3.60. The summed E-state index contributed by atoms with van der Waals surface area (Å²) in [5.41, 5.74) is 6.52. The second-order valence-electron chi connectivity index (χ2n) is 5.13. The molecule has 1 aliphatic carbocycles. The van der Waals surface area contributed by atoms with Gasteiger partial charge in [-0.3, -0.25) is 9.59 Å². The molecule has 26 heavy (non-hydrogen) atoms. The van der Waals surface area contributed by atoms with Crippen LogP contribution >= 0.6 is 23.3 Å². The van der Waals surface area contributed by atoms with Crippen molar-refractivity contribution in [3.05, 3.63) is 45.2 Å². The monoisotopic (exact) mass is 392 g/mol. The van der Waals surface area contributed by atoms with E-state index < -0.39 is 5.56 Å². The van der Waals surface area contributed by atoms with E-state index in [4.69, 9.17) is 15.2 Å². The van der Waals surface area contributed by atoms with Gasteiger partial charge >= 0.3 is 0 Å². The Morgan fingerprint density at radius 2 is 1.92 bits per heavy atom. The molecule has 0 unspecified atom stereocenters. The predicted octanol–water partition coefficient (Wildman–Crippen LogP) is 1.87. The van der Waals surface area contributed by atoms with Crippen LogP contribution in [0.1, 0.15) is 12.5 Å². The highest BCUT2D eigenvalue weighted by Crippen LogP contribution is 2.26. The fourth-order valence-corrected chi connectivity index (χ4v) is 3.99. The molecule has 0 saturated carbocycles. The first-order valence-corrected chi connectivity index (χ1v) is 9.34. The second kappa shape index (κ2) is 7.34. The minimum absolute atomic E-state index is 0.114. The van der Waals surface area contributed by atoms with Gasteiger partial charge in [0, 0.05) is 11.5 Å². The number of carbonyl (C=O) groups is 1. The molecule has 136 valence electrons. The molecule has 0 saturated heterocycles. The number of nitrogens with zero attached hydrogens (tertiary/aromatic N) is 3. The molecule has 10 heteroatoms. The molecule has 0 aromatic carbocycles. The van der Waals surface area contributed by atoms with E-state index in [2.05, 4.69) is 9.36 Å². The zero-order valence-electron chi connectivity index (χ0n) is 14.3. The summed E-state index contributed by atoms with van der Waals surface area (Å²) in [7, 11) is 2.78. The number of ketones is 1. The minimum atomic E-state index is -0.469. The van der Waals surface area contributed by atoms with Crippen LogP contribution in [0.4, 0.5) is 5.82 Å². The number of thioether (sulfide) groups is 1. The summed E-state index contributed by atoms with van der Waals surface area (Å²) < 4.78 is 16.1. The molecule has 3 rings (SSSR count). The number of carbonyl (C=O) groups excluding carboxylic acids is 1. The Hall–Kier alpha value is -2.59. The Labute approximate surface area is 157 Å². The van der Waals surface area contributed by atoms with Gasteiger partial charge in [0.1, 0.15) is 5.82 Å². The van der Waals surface area contributed by atoms with Crippen LogP contribution in [0, 0.1) is 0 Å². The summed E-state index contributed by atoms with van der Waals surface area (Å²) in [5.74, 6) is 0.913. The molecule has 0 aliphatic heterocycles. The Bertz CT molecular complexity index is 1010. The largest absolute Gasteiger partial charge is 0.492 e. The Morgan fingerprint density at radius 3 is 2.50 bits per heavy atom. The molecule has 0 amide bonds. The van der Waals surface area contributed by atoms with Crippen molar-refractivity contribution in [2.24, 2.45) is 0 Å². The summed E-state index contributed by atoms with van der Waals surface area (Å²) in [6.07, 6.45) is 4.60. The van der Waals surface area contributed by atoms with Crippen LogP contribution in [0.2, 0.25) is 0 Å². The first kappa shape index (κ1) is 18.2. The summed E-state index contributed by atoms with van der Waals surface area (Å²) in [4.78, 5) is 29.0. The average Bonchev–Trinajstić information content (AvgIpc) is 3.02. The maximum Gasteiger partial charge on any atom is 0.283 e. The normalized spacial score (nSPS) is 14.3. The van der Waals surface area contributed by atoms with Gasteiger partial charge in [0.2, 0.25) is 4.96 Å². The van der Waals surface area contributed by atoms with Gasteiger partial charge in [-0.1, -0.05) is 18.7 Å². The van der Waals surface area contributed by atoms with Crippen molar-refractivity contribution in [1.29, 1.82) is 0 Å². The molecule has 8 nitrogen and oxygen atoms in total. The van der Waals surface area contributed by atoms with Crippen LogP contribution in [0.25, 0.3) is 11.0 Å². The highest BCUT2D eigenvalue weighted by atomic mass is 32.2. The quantitative estimate of drug-likeness (QED) is 0.768. The molecule has 2 heterocycles. The van der Waals surface area contributed by atoms with E-state index in [1.165, 1.54) is 38.1 Å². The van der Waals surface area contributed by atoms with Gasteiger partial charge in [-0.15, -0.1) is 0 Å². The second-order valence-corrected chi connectivity index (χ2v) is 7.09. The van der Waals surface area contributed by atoms with Gasteiger partial charge in [-0.05, 0) is 29.6 Å². The van der Waals surface area contributed by atoms with Crippen molar-refractivity contribution in [2.45, 2.75) is 12.1 Å². The number of methoxy groups -OCH3 is 2. The van der Waals surface area contributed by atoms with Crippen molar-refractivity contribution in [2.75, 3.05) is 25.7 Å². The number of rotatable bonds is 5. The lowest BCUT2D eigenvalue weighted by molar-refractivity contribution is -0.117. The molecule has 0 radical (unpaired) electrons. The zero-order chi connectivity index (χ0) is 18.8. The molecule has 0 fully saturated rings. The molecular weight excluding hydrogens is 376 g/mol. The SMILES string of the molecule is CCSc1nsc2nc(=O)c(C=C3C=C(OC)C(=O)C(OC)=C3)c(N)n12. The number of anilines is 1. The van der Waals surface area contributed by atoms with Crippen LogP contribution in [0.3, 0.4) is 0 Å². The highest BCUT2D eigenvalue weighted by molar-refractivity contribution is 7.99. The number of hydrogen-bond donors (Lipinski definition) is 1. The smallest absolute Gasteiger partial charge is 0.283 e. The first-order valence-electron chi connectivity index (χ1n) is 7.58. The minimum Gasteiger partial charge on any atom is -0.492 e. The molecule has 2 aromatic heterocycles. The van der Waals surface area contributed by atoms with Crippen LogP contribution < -0.4 is 11.3 Å². The van der Waals surface area contributed by atoms with Crippen LogP contribution in [-0.4, -0.2) is 39.5 Å². The van der Waals surface area contributed by atoms with E-state index in [-0.39, 0.29) is 28.7 Å². The number of nitrogens with two attached hydrogens (primary N) is 1. The lowest BCUT2D eigenvalue weighted by Gasteiger charge is -2.13. The number of hydrogen-bond acceptors (Lipinski definition) is 9. The van der Waals surface area contributed by atoms with Gasteiger partial charge in [-0.2, -0.15) is 9.36 Å². The number of Topliss-reactive ketones (excluding diaryl/α,β-unsaturated/α-hetero) is 1. The fraction of sp³-hybridized carbons (Fsp3) is 0.250. The van der Waals surface area contributed by atoms with Gasteiger partial charge in [0.15, 0.2) is 16.7 Å². The third-order valence-corrected chi connectivity index (χ3v) is 5.24. The van der Waals surface area contributed by atoms with E-state index >= 15 is 0 Å². The Balaban J connectivity index is 2.19. The Morgan fingerprint density at radius 1 is 1.27 bits per heavy atom. The van der Waals surface area contributed by atoms with E-state index in [1.807, 2.05) is 6.92 Å². The lowest BCUT2D eigenvalue weighted by Crippen LogP contribution is -2.17. The van der Waals surface area contributed by atoms with Crippen molar-refractivity contribution in [1.82, 2.24) is 13.8 Å². The molecule has 0 spiro atoms. The van der Waals surface area contributed by atoms with Crippen LogP contribution in [0.15, 0.2) is 39.2 Å². The number of allylic oxidation sites excluding steroid dienone is 3. The van der Waals surface area contributed by atoms with Crippen molar-refractivity contribution >= 4 is 45.9 Å². The summed E-state index contributed by atoms with van der Waals surface area (Å²) in [5, 5.41) is 0.678. The lowest BCUT2D eigenvalue weighted by atomic mass is 10.0. The predicted molar refractivity (Wildman–Crippen MR) is 101 cm³/mol. The van der Waals surface area contributed by atoms with Gasteiger partial charge in [-0.25, -0.2) is 4.40 Å². The standard InChI is InChI=1S/C16H16N4O4S2/c1-4-25-16-19-26-15-18-14(22)9(13(17)20(15)16)5-8-6-10(23-2)12(21)11(7-8)24-3/h5-7H,4,17H2,1-3H3. The van der Waals surface area contributed by atoms with Gasteiger partial charge in [0.25, 0.3) is 11.3 Å².